The normalized spacial score (nSPS) is 12.9. The molecule has 0 fully saturated rings. The van der Waals surface area contributed by atoms with Crippen LogP contribution in [0.5, 0.6) is 0 Å². The molecule has 10 heavy (non-hydrogen) atoms. The van der Waals surface area contributed by atoms with Gasteiger partial charge in [-0.25, -0.2) is 0 Å². The summed E-state index contributed by atoms with van der Waals surface area (Å²) in [6.07, 6.45) is 3.31. The Bertz CT molecular complexity index is 217. The second-order valence-corrected chi connectivity index (χ2v) is 2.06. The molecule has 0 unspecified atom stereocenters. The first kappa shape index (κ1) is 6.80. The highest BCUT2D eigenvalue weighted by molar-refractivity contribution is 5.77. The van der Waals surface area contributed by atoms with E-state index in [0.717, 1.165) is 0 Å². The van der Waals surface area contributed by atoms with Crippen molar-refractivity contribution in [1.82, 2.24) is 9.78 Å². The van der Waals surface area contributed by atoms with Crippen molar-refractivity contribution >= 4 is 5.91 Å². The highest BCUT2D eigenvalue weighted by Gasteiger charge is 2.08. The van der Waals surface area contributed by atoms with Gasteiger partial charge in [0, 0.05) is 12.4 Å². The van der Waals surface area contributed by atoms with Crippen molar-refractivity contribution in [2.24, 2.45) is 5.73 Å². The summed E-state index contributed by atoms with van der Waals surface area (Å²) in [6, 6.07) is 1.40. The van der Waals surface area contributed by atoms with Crippen LogP contribution in [0, 0.1) is 0 Å². The van der Waals surface area contributed by atoms with E-state index in [1.54, 1.807) is 25.4 Å². The lowest BCUT2D eigenvalue weighted by molar-refractivity contribution is -0.120. The average molecular weight is 139 g/mol. The van der Waals surface area contributed by atoms with Gasteiger partial charge in [0.2, 0.25) is 5.91 Å². The van der Waals surface area contributed by atoms with Gasteiger partial charge in [0.25, 0.3) is 0 Å². The maximum absolute atomic E-state index is 10.6. The molecule has 1 heterocycles. The van der Waals surface area contributed by atoms with Gasteiger partial charge in [-0.1, -0.05) is 0 Å². The first-order chi connectivity index (χ1) is 4.72. The first-order valence-electron chi connectivity index (χ1n) is 3.00. The average Bonchev–Trinajstić information content (AvgIpc) is 2.36. The minimum Gasteiger partial charge on any atom is -0.368 e. The van der Waals surface area contributed by atoms with E-state index in [2.05, 4.69) is 5.10 Å². The number of primary amides is 1. The number of rotatable bonds is 2. The molecule has 0 saturated heterocycles. The highest BCUT2D eigenvalue weighted by Crippen LogP contribution is 1.99. The third-order valence-corrected chi connectivity index (χ3v) is 1.33. The van der Waals surface area contributed by atoms with Crippen LogP contribution in [-0.2, 0) is 4.79 Å². The highest BCUT2D eigenvalue weighted by atomic mass is 16.1. The predicted octanol–water partition coefficient (Wildman–Crippen LogP) is -0.0706. The van der Waals surface area contributed by atoms with E-state index in [9.17, 15) is 4.79 Å². The van der Waals surface area contributed by atoms with E-state index in [0.29, 0.717) is 0 Å². The Morgan fingerprint density at radius 1 is 1.80 bits per heavy atom. The predicted molar refractivity (Wildman–Crippen MR) is 36.1 cm³/mol. The molecule has 1 atom stereocenters. The first-order valence-corrected chi connectivity index (χ1v) is 3.00. The fourth-order valence-corrected chi connectivity index (χ4v) is 0.640. The van der Waals surface area contributed by atoms with Crippen molar-refractivity contribution in [1.29, 1.82) is 0 Å². The lowest BCUT2D eigenvalue weighted by Gasteiger charge is -2.05. The SMILES string of the molecule is C[C@@H](C(N)=O)n1cccn1. The maximum Gasteiger partial charge on any atom is 0.241 e. The summed E-state index contributed by atoms with van der Waals surface area (Å²) in [6.45, 7) is 1.70. The lowest BCUT2D eigenvalue weighted by Crippen LogP contribution is -2.24. The van der Waals surface area contributed by atoms with Crippen LogP contribution < -0.4 is 5.73 Å². The zero-order valence-electron chi connectivity index (χ0n) is 5.69. The summed E-state index contributed by atoms with van der Waals surface area (Å²) in [4.78, 5) is 10.6. The third-order valence-electron chi connectivity index (χ3n) is 1.33. The van der Waals surface area contributed by atoms with Crippen LogP contribution >= 0.6 is 0 Å². The summed E-state index contributed by atoms with van der Waals surface area (Å²) >= 11 is 0. The van der Waals surface area contributed by atoms with Crippen molar-refractivity contribution in [3.05, 3.63) is 18.5 Å². The van der Waals surface area contributed by atoms with Crippen LogP contribution in [0.4, 0.5) is 0 Å². The van der Waals surface area contributed by atoms with Gasteiger partial charge in [0.1, 0.15) is 6.04 Å². The van der Waals surface area contributed by atoms with Gasteiger partial charge in [-0.2, -0.15) is 5.10 Å². The number of aromatic nitrogens is 2. The summed E-state index contributed by atoms with van der Waals surface area (Å²) < 4.78 is 1.52. The van der Waals surface area contributed by atoms with Gasteiger partial charge in [-0.15, -0.1) is 0 Å². The fourth-order valence-electron chi connectivity index (χ4n) is 0.640. The Labute approximate surface area is 58.6 Å². The van der Waals surface area contributed by atoms with E-state index in [4.69, 9.17) is 5.73 Å². The molecule has 1 aromatic rings. The Hall–Kier alpha value is -1.32. The smallest absolute Gasteiger partial charge is 0.241 e. The summed E-state index contributed by atoms with van der Waals surface area (Å²) in [5, 5.41) is 3.85. The van der Waals surface area contributed by atoms with Crippen molar-refractivity contribution in [3.63, 3.8) is 0 Å². The summed E-state index contributed by atoms with van der Waals surface area (Å²) in [7, 11) is 0. The van der Waals surface area contributed by atoms with E-state index < -0.39 is 0 Å². The monoisotopic (exact) mass is 139 g/mol. The van der Waals surface area contributed by atoms with Crippen LogP contribution in [0.2, 0.25) is 0 Å². The zero-order chi connectivity index (χ0) is 7.56. The molecule has 0 aromatic carbocycles. The molecular formula is C6H9N3O. The lowest BCUT2D eigenvalue weighted by atomic mass is 10.3. The van der Waals surface area contributed by atoms with Gasteiger partial charge in [0.05, 0.1) is 0 Å². The number of nitrogens with two attached hydrogens (primary N) is 1. The summed E-state index contributed by atoms with van der Waals surface area (Å²) in [5.41, 5.74) is 5.03. The van der Waals surface area contributed by atoms with Gasteiger partial charge >= 0.3 is 0 Å². The standard InChI is InChI=1S/C6H9N3O/c1-5(6(7)10)9-4-2-3-8-9/h2-5H,1H3,(H2,7,10)/t5-/m0/s1. The molecule has 1 aromatic heterocycles. The van der Waals surface area contributed by atoms with Gasteiger partial charge < -0.3 is 5.73 Å². The molecule has 1 rings (SSSR count). The Balaban J connectivity index is 2.77. The molecule has 0 aliphatic heterocycles. The quantitative estimate of drug-likeness (QED) is 0.623. The van der Waals surface area contributed by atoms with Gasteiger partial charge in [-0.3, -0.25) is 9.48 Å². The van der Waals surface area contributed by atoms with Crippen LogP contribution in [0.3, 0.4) is 0 Å². The number of carbonyl (C=O) groups is 1. The largest absolute Gasteiger partial charge is 0.368 e. The fraction of sp³-hybridized carbons (Fsp3) is 0.333. The second kappa shape index (κ2) is 2.51. The Morgan fingerprint density at radius 3 is 2.90 bits per heavy atom. The van der Waals surface area contributed by atoms with Crippen LogP contribution in [0.25, 0.3) is 0 Å². The number of amides is 1. The van der Waals surface area contributed by atoms with Gasteiger partial charge in [0.15, 0.2) is 0 Å². The molecule has 0 spiro atoms. The van der Waals surface area contributed by atoms with E-state index in [1.165, 1.54) is 4.68 Å². The molecule has 1 amide bonds. The molecule has 0 aliphatic carbocycles. The molecule has 0 bridgehead atoms. The summed E-state index contributed by atoms with van der Waals surface area (Å²) in [5.74, 6) is -0.372. The van der Waals surface area contributed by atoms with Crippen LogP contribution in [0.15, 0.2) is 18.5 Å². The van der Waals surface area contributed by atoms with Crippen molar-refractivity contribution in [2.45, 2.75) is 13.0 Å². The maximum atomic E-state index is 10.6. The van der Waals surface area contributed by atoms with E-state index >= 15 is 0 Å². The Kier molecular flexibility index (Phi) is 1.71. The minimum absolute atomic E-state index is 0.352. The van der Waals surface area contributed by atoms with Crippen LogP contribution in [-0.4, -0.2) is 15.7 Å². The minimum atomic E-state index is -0.372. The number of carbonyl (C=O) groups excluding carboxylic acids is 1. The zero-order valence-corrected chi connectivity index (χ0v) is 5.69. The molecule has 4 heteroatoms. The van der Waals surface area contributed by atoms with Gasteiger partial charge in [-0.05, 0) is 13.0 Å². The van der Waals surface area contributed by atoms with Crippen LogP contribution in [0.1, 0.15) is 13.0 Å². The van der Waals surface area contributed by atoms with E-state index in [1.807, 2.05) is 0 Å². The van der Waals surface area contributed by atoms with Crippen molar-refractivity contribution in [2.75, 3.05) is 0 Å². The molecule has 0 aliphatic rings. The number of nitrogens with zero attached hydrogens (tertiary/aromatic N) is 2. The molecule has 0 saturated carbocycles. The topological polar surface area (TPSA) is 60.9 Å². The molecule has 4 nitrogen and oxygen atoms in total. The number of hydrogen-bond donors (Lipinski definition) is 1. The Morgan fingerprint density at radius 2 is 2.50 bits per heavy atom. The molecule has 0 radical (unpaired) electrons. The van der Waals surface area contributed by atoms with E-state index in [-0.39, 0.29) is 11.9 Å². The molecule has 54 valence electrons. The second-order valence-electron chi connectivity index (χ2n) is 2.06. The van der Waals surface area contributed by atoms with Crippen molar-refractivity contribution < 1.29 is 4.79 Å². The van der Waals surface area contributed by atoms with Crippen molar-refractivity contribution in [3.8, 4) is 0 Å². The third kappa shape index (κ3) is 1.15. The molecular weight excluding hydrogens is 130 g/mol. The number of hydrogen-bond acceptors (Lipinski definition) is 2. The molecule has 2 N–H and O–H groups in total.